The third kappa shape index (κ3) is 3.57. The summed E-state index contributed by atoms with van der Waals surface area (Å²) in [5, 5.41) is 10.7. The third-order valence-electron chi connectivity index (χ3n) is 4.52. The molecule has 1 aromatic heterocycles. The highest BCUT2D eigenvalue weighted by atomic mass is 79.9. The van der Waals surface area contributed by atoms with E-state index in [1.807, 2.05) is 18.2 Å². The third-order valence-corrected chi connectivity index (χ3v) is 4.96. The van der Waals surface area contributed by atoms with Gasteiger partial charge < -0.3 is 5.11 Å². The number of halogens is 1. The summed E-state index contributed by atoms with van der Waals surface area (Å²) in [7, 11) is 0. The first kappa shape index (κ1) is 15.0. The van der Waals surface area contributed by atoms with Crippen LogP contribution in [0, 0.1) is 23.7 Å². The number of aliphatic hydroxyl groups excluding tert-OH is 1. The van der Waals surface area contributed by atoms with E-state index in [9.17, 15) is 5.11 Å². The first-order chi connectivity index (χ1) is 8.99. The van der Waals surface area contributed by atoms with Crippen molar-refractivity contribution in [1.82, 2.24) is 4.98 Å². The number of pyridine rings is 1. The van der Waals surface area contributed by atoms with Gasteiger partial charge in [0.15, 0.2) is 0 Å². The van der Waals surface area contributed by atoms with Crippen molar-refractivity contribution in [2.75, 3.05) is 0 Å². The summed E-state index contributed by atoms with van der Waals surface area (Å²) in [6.45, 7) is 6.84. The molecule has 1 fully saturated rings. The Labute approximate surface area is 124 Å². The molecule has 2 rings (SSSR count). The molecule has 1 aliphatic carbocycles. The molecule has 19 heavy (non-hydrogen) atoms. The van der Waals surface area contributed by atoms with Gasteiger partial charge in [-0.05, 0) is 64.6 Å². The van der Waals surface area contributed by atoms with E-state index in [0.29, 0.717) is 23.7 Å². The Kier molecular flexibility index (Phi) is 5.02. The molecule has 0 amide bonds. The smallest absolute Gasteiger partial charge is 0.106 e. The molecule has 2 nitrogen and oxygen atoms in total. The van der Waals surface area contributed by atoms with E-state index in [4.69, 9.17) is 0 Å². The predicted octanol–water partition coefficient (Wildman–Crippen LogP) is 4.59. The lowest BCUT2D eigenvalue weighted by molar-refractivity contribution is 0.0120. The van der Waals surface area contributed by atoms with Crippen molar-refractivity contribution in [2.24, 2.45) is 23.7 Å². The van der Waals surface area contributed by atoms with Crippen molar-refractivity contribution in [2.45, 2.75) is 46.1 Å². The minimum absolute atomic E-state index is 0.338. The zero-order valence-electron chi connectivity index (χ0n) is 12.0. The topological polar surface area (TPSA) is 33.1 Å². The summed E-state index contributed by atoms with van der Waals surface area (Å²) in [5.74, 6) is 2.28. The summed E-state index contributed by atoms with van der Waals surface area (Å²) in [4.78, 5) is 4.43. The first-order valence-corrected chi connectivity index (χ1v) is 8.09. The zero-order valence-corrected chi connectivity index (χ0v) is 13.6. The number of rotatable bonds is 3. The van der Waals surface area contributed by atoms with E-state index in [2.05, 4.69) is 41.7 Å². The van der Waals surface area contributed by atoms with E-state index in [-0.39, 0.29) is 0 Å². The Hall–Kier alpha value is -0.410. The van der Waals surface area contributed by atoms with Crippen molar-refractivity contribution in [1.29, 1.82) is 0 Å². The molecule has 1 aliphatic rings. The van der Waals surface area contributed by atoms with Crippen molar-refractivity contribution >= 4 is 15.9 Å². The fourth-order valence-electron chi connectivity index (χ4n) is 3.45. The highest BCUT2D eigenvalue weighted by Gasteiger charge is 2.36. The SMILES string of the molecule is CC(C)[C@@H]1CC[C@@H](C)C[C@H]1[C@@H](O)c1cccc(Br)n1. The molecule has 0 spiro atoms. The Balaban J connectivity index is 2.21. The van der Waals surface area contributed by atoms with Gasteiger partial charge in [-0.1, -0.05) is 33.3 Å². The largest absolute Gasteiger partial charge is 0.387 e. The molecule has 1 heterocycles. The number of hydrogen-bond donors (Lipinski definition) is 1. The van der Waals surface area contributed by atoms with Gasteiger partial charge in [-0.15, -0.1) is 0 Å². The molecule has 0 radical (unpaired) electrons. The van der Waals surface area contributed by atoms with Crippen LogP contribution in [0.1, 0.15) is 51.8 Å². The molecule has 106 valence electrons. The maximum atomic E-state index is 10.7. The highest BCUT2D eigenvalue weighted by molar-refractivity contribution is 9.10. The van der Waals surface area contributed by atoms with Gasteiger partial charge in [0.2, 0.25) is 0 Å². The summed E-state index contributed by atoms with van der Waals surface area (Å²) in [6.07, 6.45) is 3.19. The van der Waals surface area contributed by atoms with Crippen molar-refractivity contribution in [3.05, 3.63) is 28.5 Å². The van der Waals surface area contributed by atoms with Crippen LogP contribution < -0.4 is 0 Å². The lowest BCUT2D eigenvalue weighted by Gasteiger charge is -2.39. The minimum atomic E-state index is -0.437. The van der Waals surface area contributed by atoms with Gasteiger partial charge in [0, 0.05) is 0 Å². The summed E-state index contributed by atoms with van der Waals surface area (Å²) in [5.41, 5.74) is 0.805. The second kappa shape index (κ2) is 6.36. The van der Waals surface area contributed by atoms with Crippen molar-refractivity contribution in [3.63, 3.8) is 0 Å². The monoisotopic (exact) mass is 325 g/mol. The average molecular weight is 326 g/mol. The van der Waals surface area contributed by atoms with Gasteiger partial charge in [-0.2, -0.15) is 0 Å². The van der Waals surface area contributed by atoms with Gasteiger partial charge in [-0.3, -0.25) is 0 Å². The minimum Gasteiger partial charge on any atom is -0.387 e. The molecule has 0 saturated heterocycles. The van der Waals surface area contributed by atoms with E-state index in [1.165, 1.54) is 12.8 Å². The second-order valence-electron chi connectivity index (χ2n) is 6.32. The van der Waals surface area contributed by atoms with E-state index >= 15 is 0 Å². The molecule has 3 heteroatoms. The van der Waals surface area contributed by atoms with Gasteiger partial charge in [0.25, 0.3) is 0 Å². The molecule has 0 aromatic carbocycles. The zero-order chi connectivity index (χ0) is 14.0. The standard InChI is InChI=1S/C16H24BrNO/c1-10(2)12-8-7-11(3)9-13(12)16(19)14-5-4-6-15(17)18-14/h4-6,10-13,16,19H,7-9H2,1-3H3/t11-,12+,13-,16-/m1/s1. The Morgan fingerprint density at radius 1 is 1.26 bits per heavy atom. The van der Waals surface area contributed by atoms with Crippen LogP contribution in [0.15, 0.2) is 22.8 Å². The molecule has 4 atom stereocenters. The van der Waals surface area contributed by atoms with E-state index < -0.39 is 6.10 Å². The number of aromatic nitrogens is 1. The van der Waals surface area contributed by atoms with Crippen LogP contribution in [0.5, 0.6) is 0 Å². The van der Waals surface area contributed by atoms with Crippen LogP contribution in [-0.4, -0.2) is 10.1 Å². The Bertz CT molecular complexity index is 421. The lowest BCUT2D eigenvalue weighted by atomic mass is 9.67. The highest BCUT2D eigenvalue weighted by Crippen LogP contribution is 2.43. The average Bonchev–Trinajstić information content (AvgIpc) is 2.37. The van der Waals surface area contributed by atoms with Gasteiger partial charge in [-0.25, -0.2) is 4.98 Å². The Morgan fingerprint density at radius 2 is 2.00 bits per heavy atom. The fraction of sp³-hybridized carbons (Fsp3) is 0.688. The summed E-state index contributed by atoms with van der Waals surface area (Å²) < 4.78 is 0.800. The molecule has 0 unspecified atom stereocenters. The van der Waals surface area contributed by atoms with Crippen molar-refractivity contribution in [3.8, 4) is 0 Å². The van der Waals surface area contributed by atoms with Gasteiger partial charge >= 0.3 is 0 Å². The molecular weight excluding hydrogens is 302 g/mol. The van der Waals surface area contributed by atoms with Crippen LogP contribution >= 0.6 is 15.9 Å². The number of aliphatic hydroxyl groups is 1. The molecule has 1 N–H and O–H groups in total. The molecule has 1 aromatic rings. The fourth-order valence-corrected chi connectivity index (χ4v) is 3.80. The molecular formula is C16H24BrNO. The van der Waals surface area contributed by atoms with Crippen LogP contribution in [0.25, 0.3) is 0 Å². The Morgan fingerprint density at radius 3 is 2.63 bits per heavy atom. The van der Waals surface area contributed by atoms with Crippen molar-refractivity contribution < 1.29 is 5.11 Å². The quantitative estimate of drug-likeness (QED) is 0.825. The second-order valence-corrected chi connectivity index (χ2v) is 7.13. The van der Waals surface area contributed by atoms with E-state index in [1.54, 1.807) is 0 Å². The van der Waals surface area contributed by atoms with Crippen LogP contribution in [-0.2, 0) is 0 Å². The summed E-state index contributed by atoms with van der Waals surface area (Å²) in [6, 6.07) is 5.79. The molecule has 0 aliphatic heterocycles. The molecule has 1 saturated carbocycles. The van der Waals surface area contributed by atoms with Gasteiger partial charge in [0.05, 0.1) is 11.8 Å². The van der Waals surface area contributed by atoms with Gasteiger partial charge in [0.1, 0.15) is 4.60 Å². The van der Waals surface area contributed by atoms with Crippen LogP contribution in [0.4, 0.5) is 0 Å². The van der Waals surface area contributed by atoms with Crippen LogP contribution in [0.3, 0.4) is 0 Å². The summed E-state index contributed by atoms with van der Waals surface area (Å²) >= 11 is 3.39. The maximum Gasteiger partial charge on any atom is 0.106 e. The first-order valence-electron chi connectivity index (χ1n) is 7.29. The molecule has 0 bridgehead atoms. The predicted molar refractivity (Wildman–Crippen MR) is 81.7 cm³/mol. The normalized spacial score (nSPS) is 29.5. The number of nitrogens with zero attached hydrogens (tertiary/aromatic N) is 1. The lowest BCUT2D eigenvalue weighted by Crippen LogP contribution is -2.32. The maximum absolute atomic E-state index is 10.7. The van der Waals surface area contributed by atoms with E-state index in [0.717, 1.165) is 16.7 Å². The van der Waals surface area contributed by atoms with Crippen LogP contribution in [0.2, 0.25) is 0 Å². The number of hydrogen-bond acceptors (Lipinski definition) is 2.